The summed E-state index contributed by atoms with van der Waals surface area (Å²) < 4.78 is 42.2. The fraction of sp³-hybridized carbons (Fsp3) is 0.190. The molecule has 368 valence electrons. The van der Waals surface area contributed by atoms with Crippen molar-refractivity contribution >= 4 is 105 Å². The summed E-state index contributed by atoms with van der Waals surface area (Å²) in [6.07, 6.45) is 2.78. The van der Waals surface area contributed by atoms with E-state index in [4.69, 9.17) is 15.1 Å². The summed E-state index contributed by atoms with van der Waals surface area (Å²) in [5, 5.41) is 64.1. The van der Waals surface area contributed by atoms with Crippen molar-refractivity contribution in [3.05, 3.63) is 107 Å². The fourth-order valence-electron chi connectivity index (χ4n) is 5.96. The average Bonchev–Trinajstić information content (AvgIpc) is 3.35. The molecule has 72 heavy (non-hydrogen) atoms. The molecule has 2 amide bonds. The quantitative estimate of drug-likeness (QED) is 0.00616. The predicted octanol–water partition coefficient (Wildman–Crippen LogP) is -3.93. The van der Waals surface area contributed by atoms with Crippen molar-refractivity contribution in [2.45, 2.75) is 4.90 Å². The number of hydrogen-bond acceptors (Lipinski definition) is 25. The van der Waals surface area contributed by atoms with Crippen LogP contribution < -0.4 is 107 Å². The van der Waals surface area contributed by atoms with Crippen LogP contribution in [0.4, 0.5) is 58.4 Å². The Morgan fingerprint density at radius 2 is 0.917 bits per heavy atom. The number of nitrogens with zero attached hydrogens (tertiary/aromatic N) is 6. The van der Waals surface area contributed by atoms with E-state index in [1.807, 2.05) is 0 Å². The van der Waals surface area contributed by atoms with Crippen molar-refractivity contribution in [1.82, 2.24) is 40.5 Å². The molecule has 0 saturated heterocycles. The molecule has 0 spiro atoms. The third-order valence-corrected chi connectivity index (χ3v) is 10.0. The van der Waals surface area contributed by atoms with Gasteiger partial charge in [-0.05, 0) is 83.4 Å². The van der Waals surface area contributed by atoms with Gasteiger partial charge in [0.25, 0.3) is 11.8 Å². The fourth-order valence-corrected chi connectivity index (χ4v) is 6.68. The Bertz CT molecular complexity index is 2880. The summed E-state index contributed by atoms with van der Waals surface area (Å²) >= 11 is 4.41. The first-order chi connectivity index (χ1) is 33.9. The summed E-state index contributed by atoms with van der Waals surface area (Å²) in [6, 6.07) is 21.2. The van der Waals surface area contributed by atoms with Crippen molar-refractivity contribution in [2.24, 2.45) is 0 Å². The first-order valence-electron chi connectivity index (χ1n) is 20.7. The summed E-state index contributed by atoms with van der Waals surface area (Å²) in [6.45, 7) is -0.487. The van der Waals surface area contributed by atoms with Crippen LogP contribution in [-0.4, -0.2) is 128 Å². The number of benzene rings is 4. The SMILES string of the molecule is O=C(NCCO)c1ccc(Nc2nc(NCCO)nc(Nc3ccc(/C=C/c4ccc(Nc5nc(NCCO)nc(Nc6ccc(C(=O)NCCO)cc6)n5)cc4S(=O)(=O)[O-])c(OOO[S-])c3)n2)cc1.[Na+].[Na+]. The topological polar surface area (TPSA) is 374 Å². The van der Waals surface area contributed by atoms with E-state index in [2.05, 4.69) is 94.7 Å². The van der Waals surface area contributed by atoms with Gasteiger partial charge in [-0.3, -0.25) is 9.59 Å². The van der Waals surface area contributed by atoms with E-state index < -0.39 is 15.0 Å². The number of amides is 2. The molecule has 12 N–H and O–H groups in total. The number of rotatable bonds is 26. The van der Waals surface area contributed by atoms with E-state index >= 15 is 0 Å². The van der Waals surface area contributed by atoms with Crippen LogP contribution in [0.3, 0.4) is 0 Å². The maximum Gasteiger partial charge on any atom is 1.00 e. The second-order valence-corrected chi connectivity index (χ2v) is 15.5. The molecule has 0 aliphatic rings. The molecule has 30 heteroatoms. The van der Waals surface area contributed by atoms with Crippen LogP contribution in [0.25, 0.3) is 12.2 Å². The molecule has 0 unspecified atom stereocenters. The summed E-state index contributed by atoms with van der Waals surface area (Å²) in [5.74, 6) is -0.565. The third kappa shape index (κ3) is 18.0. The van der Waals surface area contributed by atoms with Gasteiger partial charge in [0.1, 0.15) is 10.1 Å². The van der Waals surface area contributed by atoms with Gasteiger partial charge in [0.05, 0.1) is 31.3 Å². The molecular formula is C42H44N14Na2O12S2. The van der Waals surface area contributed by atoms with Gasteiger partial charge in [-0.25, -0.2) is 8.42 Å². The van der Waals surface area contributed by atoms with E-state index in [0.29, 0.717) is 33.8 Å². The minimum absolute atomic E-state index is 0. The van der Waals surface area contributed by atoms with Crippen LogP contribution in [0.1, 0.15) is 31.8 Å². The van der Waals surface area contributed by atoms with Crippen molar-refractivity contribution in [3.63, 3.8) is 0 Å². The first kappa shape index (κ1) is 58.8. The molecule has 0 saturated carbocycles. The number of anilines is 10. The molecule has 6 rings (SSSR count). The number of aliphatic hydroxyl groups excluding tert-OH is 4. The molecule has 0 fully saturated rings. The van der Waals surface area contributed by atoms with Crippen LogP contribution >= 0.6 is 0 Å². The molecule has 4 aromatic carbocycles. The second kappa shape index (κ2) is 29.7. The largest absolute Gasteiger partial charge is 1.00 e. The van der Waals surface area contributed by atoms with Gasteiger partial charge in [0.15, 0.2) is 5.75 Å². The zero-order chi connectivity index (χ0) is 49.9. The van der Waals surface area contributed by atoms with E-state index in [9.17, 15) is 32.8 Å². The maximum absolute atomic E-state index is 12.6. The minimum Gasteiger partial charge on any atom is -0.744 e. The van der Waals surface area contributed by atoms with Gasteiger partial charge in [0, 0.05) is 71.7 Å². The Morgan fingerprint density at radius 3 is 1.33 bits per heavy atom. The van der Waals surface area contributed by atoms with Gasteiger partial charge >= 0.3 is 59.1 Å². The Balaban J connectivity index is 0.00000562. The van der Waals surface area contributed by atoms with Gasteiger partial charge in [-0.2, -0.15) is 29.9 Å². The minimum atomic E-state index is -5.10. The Kier molecular flexibility index (Phi) is 24.2. The second-order valence-electron chi connectivity index (χ2n) is 14.0. The average molecular weight is 1050 g/mol. The number of carbonyl (C=O) groups is 2. The smallest absolute Gasteiger partial charge is 0.744 e. The van der Waals surface area contributed by atoms with E-state index in [1.165, 1.54) is 30.4 Å². The molecule has 0 atom stereocenters. The molecule has 26 nitrogen and oxygen atoms in total. The summed E-state index contributed by atoms with van der Waals surface area (Å²) in [5.41, 5.74) is 2.43. The number of aliphatic hydroxyl groups is 4. The van der Waals surface area contributed by atoms with Crippen LogP contribution in [0.5, 0.6) is 5.75 Å². The number of nitrogens with one attached hydrogen (secondary N) is 8. The zero-order valence-electron chi connectivity index (χ0n) is 38.4. The molecule has 6 aromatic rings. The Hall–Kier alpha value is -5.80. The van der Waals surface area contributed by atoms with Crippen LogP contribution in [0.2, 0.25) is 0 Å². The molecule has 0 bridgehead atoms. The zero-order valence-corrected chi connectivity index (χ0v) is 44.1. The molecular weight excluding hydrogens is 1000 g/mol. The summed E-state index contributed by atoms with van der Waals surface area (Å²) in [7, 11) is -5.10. The van der Waals surface area contributed by atoms with Gasteiger partial charge in [-0.15, -0.1) is 0 Å². The van der Waals surface area contributed by atoms with E-state index in [0.717, 1.165) is 6.07 Å². The Labute approximate surface area is 461 Å². The molecule has 0 radical (unpaired) electrons. The molecule has 0 aliphatic heterocycles. The van der Waals surface area contributed by atoms with Crippen LogP contribution in [0.15, 0.2) is 89.8 Å². The van der Waals surface area contributed by atoms with Gasteiger partial charge in [-0.1, -0.05) is 18.2 Å². The predicted molar refractivity (Wildman–Crippen MR) is 256 cm³/mol. The van der Waals surface area contributed by atoms with Gasteiger partial charge < -0.3 is 89.6 Å². The number of aromatic nitrogens is 6. The monoisotopic (exact) mass is 1050 g/mol. The summed E-state index contributed by atoms with van der Waals surface area (Å²) in [4.78, 5) is 55.2. The Morgan fingerprint density at radius 1 is 0.542 bits per heavy atom. The van der Waals surface area contributed by atoms with Gasteiger partial charge in [0.2, 0.25) is 35.7 Å². The molecule has 0 aliphatic carbocycles. The maximum atomic E-state index is 12.6. The normalized spacial score (nSPS) is 10.9. The van der Waals surface area contributed by atoms with E-state index in [-0.39, 0.29) is 176 Å². The van der Waals surface area contributed by atoms with E-state index in [1.54, 1.807) is 60.7 Å². The third-order valence-electron chi connectivity index (χ3n) is 9.06. The molecule has 2 heterocycles. The van der Waals surface area contributed by atoms with Crippen LogP contribution in [0, 0.1) is 0 Å². The number of hydrogen-bond donors (Lipinski definition) is 12. The van der Waals surface area contributed by atoms with Crippen molar-refractivity contribution in [1.29, 1.82) is 0 Å². The van der Waals surface area contributed by atoms with Crippen molar-refractivity contribution in [3.8, 4) is 5.75 Å². The standard InChI is InChI=1S/C42H46N14O12S2.2Na/c57-19-15-43-35(61)27-5-9-29(10-6-27)47-39-51-37(45-17-21-59)53-41(55-39)49-31-13-3-25(33(23-31)66-67-68-69)1-2-26-4-14-32(24-34(26)70(63,64)65)50-42-54-38(46-18-22-60)52-40(56-42)48-30-11-7-28(8-12-30)36(62)44-16-20-58;;/h1-14,23-24,57-60,69H,15-22H2,(H,43,61)(H,44,62)(H,63,64,65)(H3,45,47,49,51,53,55)(H3,46,48,50,52,54,56);;/q;2*+1/p-2/b2-1+;;. The van der Waals surface area contributed by atoms with Crippen molar-refractivity contribution < 1.29 is 116 Å². The first-order valence-corrected chi connectivity index (χ1v) is 22.4. The number of carbonyl (C=O) groups excluding carboxylic acids is 2. The molecule has 2 aromatic heterocycles. The van der Waals surface area contributed by atoms with Crippen LogP contribution in [-0.2, 0) is 32.4 Å². The van der Waals surface area contributed by atoms with Crippen molar-refractivity contribution in [2.75, 3.05) is 84.5 Å².